The number of hydrogen-bond donors (Lipinski definition) is 1. The lowest BCUT2D eigenvalue weighted by molar-refractivity contribution is -0.929. The van der Waals surface area contributed by atoms with Crippen molar-refractivity contribution in [3.63, 3.8) is 0 Å². The van der Waals surface area contributed by atoms with Crippen LogP contribution in [-0.4, -0.2) is 37.0 Å². The zero-order chi connectivity index (χ0) is 20.2. The molecule has 29 heavy (non-hydrogen) atoms. The molecule has 148 valence electrons. The molecule has 1 aliphatic heterocycles. The van der Waals surface area contributed by atoms with Crippen molar-refractivity contribution >= 4 is 5.91 Å². The molecule has 1 amide bonds. The lowest BCUT2D eigenvalue weighted by Crippen LogP contribution is -3.15. The molecule has 3 heteroatoms. The minimum atomic E-state index is 0.156. The van der Waals surface area contributed by atoms with Crippen LogP contribution in [0, 0.1) is 13.8 Å². The quantitative estimate of drug-likeness (QED) is 0.731. The van der Waals surface area contributed by atoms with Gasteiger partial charge in [-0.25, -0.2) is 0 Å². The number of aryl methyl sites for hydroxylation is 2. The first kappa shape index (κ1) is 19.4. The molecular formula is C26H29N2O+. The normalized spacial score (nSPS) is 14.9. The SMILES string of the molecule is Cc1ccc(C(=O)N2CC[NH+](C(c3ccccc3)c3ccccc3)CC2)cc1C. The summed E-state index contributed by atoms with van der Waals surface area (Å²) in [5.41, 5.74) is 5.88. The molecule has 0 bridgehead atoms. The summed E-state index contributed by atoms with van der Waals surface area (Å²) >= 11 is 0. The van der Waals surface area contributed by atoms with Gasteiger partial charge in [-0.1, -0.05) is 66.7 Å². The number of quaternary nitrogens is 1. The number of piperazine rings is 1. The van der Waals surface area contributed by atoms with Gasteiger partial charge in [-0.05, 0) is 37.1 Å². The molecule has 1 N–H and O–H groups in total. The van der Waals surface area contributed by atoms with Gasteiger partial charge in [-0.3, -0.25) is 4.79 Å². The fourth-order valence-electron chi connectivity index (χ4n) is 4.30. The number of nitrogens with zero attached hydrogens (tertiary/aromatic N) is 1. The second-order valence-corrected chi connectivity index (χ2v) is 8.00. The predicted molar refractivity (Wildman–Crippen MR) is 117 cm³/mol. The molecule has 4 rings (SSSR count). The van der Waals surface area contributed by atoms with E-state index in [0.29, 0.717) is 6.04 Å². The Kier molecular flexibility index (Phi) is 5.77. The van der Waals surface area contributed by atoms with E-state index in [1.807, 2.05) is 23.1 Å². The summed E-state index contributed by atoms with van der Waals surface area (Å²) < 4.78 is 0. The number of nitrogens with one attached hydrogen (secondary N) is 1. The van der Waals surface area contributed by atoms with Crippen LogP contribution in [0.3, 0.4) is 0 Å². The Morgan fingerprint density at radius 3 is 1.86 bits per heavy atom. The van der Waals surface area contributed by atoms with Crippen LogP contribution in [0.25, 0.3) is 0 Å². The predicted octanol–water partition coefficient (Wildman–Crippen LogP) is 3.43. The van der Waals surface area contributed by atoms with Crippen molar-refractivity contribution in [2.75, 3.05) is 26.2 Å². The zero-order valence-corrected chi connectivity index (χ0v) is 17.3. The Balaban J connectivity index is 1.51. The highest BCUT2D eigenvalue weighted by Crippen LogP contribution is 2.19. The third-order valence-corrected chi connectivity index (χ3v) is 6.12. The molecule has 0 atom stereocenters. The molecule has 1 aliphatic rings. The standard InChI is InChI=1S/C26H28N2O/c1-20-13-14-24(19-21(20)2)26(29)28-17-15-27(16-18-28)25(22-9-5-3-6-10-22)23-11-7-4-8-12-23/h3-14,19,25H,15-18H2,1-2H3/p+1. The maximum Gasteiger partial charge on any atom is 0.254 e. The summed E-state index contributed by atoms with van der Waals surface area (Å²) in [4.78, 5) is 16.5. The highest BCUT2D eigenvalue weighted by atomic mass is 16.2. The summed E-state index contributed by atoms with van der Waals surface area (Å²) in [6, 6.07) is 27.8. The second-order valence-electron chi connectivity index (χ2n) is 8.00. The van der Waals surface area contributed by atoms with Gasteiger partial charge in [-0.2, -0.15) is 0 Å². The molecule has 3 aromatic carbocycles. The summed E-state index contributed by atoms with van der Waals surface area (Å²) in [7, 11) is 0. The highest BCUT2D eigenvalue weighted by molar-refractivity contribution is 5.94. The smallest absolute Gasteiger partial charge is 0.254 e. The Morgan fingerprint density at radius 2 is 1.34 bits per heavy atom. The van der Waals surface area contributed by atoms with Crippen molar-refractivity contribution in [2.24, 2.45) is 0 Å². The number of benzene rings is 3. The van der Waals surface area contributed by atoms with Crippen LogP contribution in [0.5, 0.6) is 0 Å². The average Bonchev–Trinajstić information content (AvgIpc) is 2.77. The first-order valence-corrected chi connectivity index (χ1v) is 10.4. The number of rotatable bonds is 4. The summed E-state index contributed by atoms with van der Waals surface area (Å²) in [6.07, 6.45) is 0. The van der Waals surface area contributed by atoms with E-state index < -0.39 is 0 Å². The molecule has 3 aromatic rings. The molecule has 0 aliphatic carbocycles. The van der Waals surface area contributed by atoms with Gasteiger partial charge in [0, 0.05) is 16.7 Å². The first-order valence-electron chi connectivity index (χ1n) is 10.4. The summed E-state index contributed by atoms with van der Waals surface area (Å²) in [5.74, 6) is 0.156. The van der Waals surface area contributed by atoms with Crippen molar-refractivity contribution in [2.45, 2.75) is 19.9 Å². The van der Waals surface area contributed by atoms with Gasteiger partial charge in [0.25, 0.3) is 5.91 Å². The molecule has 0 aromatic heterocycles. The van der Waals surface area contributed by atoms with E-state index in [1.54, 1.807) is 0 Å². The topological polar surface area (TPSA) is 24.8 Å². The van der Waals surface area contributed by atoms with E-state index in [0.717, 1.165) is 31.7 Å². The average molecular weight is 386 g/mol. The third-order valence-electron chi connectivity index (χ3n) is 6.12. The van der Waals surface area contributed by atoms with Crippen molar-refractivity contribution in [3.05, 3.63) is 107 Å². The minimum absolute atomic E-state index is 0.156. The molecule has 0 spiro atoms. The lowest BCUT2D eigenvalue weighted by atomic mass is 9.96. The molecule has 1 heterocycles. The molecule has 1 saturated heterocycles. The van der Waals surface area contributed by atoms with Gasteiger partial charge in [0.2, 0.25) is 0 Å². The van der Waals surface area contributed by atoms with Crippen LogP contribution in [0.4, 0.5) is 0 Å². The number of hydrogen-bond acceptors (Lipinski definition) is 1. The molecule has 3 nitrogen and oxygen atoms in total. The fraction of sp³-hybridized carbons (Fsp3) is 0.269. The van der Waals surface area contributed by atoms with Crippen LogP contribution in [0.2, 0.25) is 0 Å². The van der Waals surface area contributed by atoms with E-state index in [4.69, 9.17) is 0 Å². The molecular weight excluding hydrogens is 356 g/mol. The van der Waals surface area contributed by atoms with E-state index in [1.165, 1.54) is 27.2 Å². The van der Waals surface area contributed by atoms with Gasteiger partial charge in [-0.15, -0.1) is 0 Å². The van der Waals surface area contributed by atoms with Gasteiger partial charge >= 0.3 is 0 Å². The molecule has 0 unspecified atom stereocenters. The van der Waals surface area contributed by atoms with Gasteiger partial charge < -0.3 is 9.80 Å². The van der Waals surface area contributed by atoms with E-state index in [-0.39, 0.29) is 5.91 Å². The minimum Gasteiger partial charge on any atom is -0.327 e. The number of amides is 1. The largest absolute Gasteiger partial charge is 0.327 e. The van der Waals surface area contributed by atoms with Crippen LogP contribution < -0.4 is 4.90 Å². The Hall–Kier alpha value is -2.91. The first-order chi connectivity index (χ1) is 14.1. The maximum absolute atomic E-state index is 13.0. The third kappa shape index (κ3) is 4.25. The van der Waals surface area contributed by atoms with Crippen LogP contribution in [0.1, 0.15) is 38.7 Å². The summed E-state index contributed by atoms with van der Waals surface area (Å²) in [6.45, 7) is 7.63. The fourth-order valence-corrected chi connectivity index (χ4v) is 4.30. The molecule has 0 saturated carbocycles. The van der Waals surface area contributed by atoms with Crippen molar-refractivity contribution in [1.82, 2.24) is 4.90 Å². The highest BCUT2D eigenvalue weighted by Gasteiger charge is 2.31. The van der Waals surface area contributed by atoms with E-state index in [9.17, 15) is 4.79 Å². The van der Waals surface area contributed by atoms with Crippen molar-refractivity contribution in [1.29, 1.82) is 0 Å². The van der Waals surface area contributed by atoms with E-state index >= 15 is 0 Å². The van der Waals surface area contributed by atoms with Crippen LogP contribution in [0.15, 0.2) is 78.9 Å². The van der Waals surface area contributed by atoms with E-state index in [2.05, 4.69) is 74.5 Å². The summed E-state index contributed by atoms with van der Waals surface area (Å²) in [5, 5.41) is 0. The van der Waals surface area contributed by atoms with Crippen LogP contribution >= 0.6 is 0 Å². The number of carbonyl (C=O) groups excluding carboxylic acids is 1. The van der Waals surface area contributed by atoms with Crippen molar-refractivity contribution in [3.8, 4) is 0 Å². The Bertz CT molecular complexity index is 921. The van der Waals surface area contributed by atoms with Gasteiger partial charge in [0.1, 0.15) is 6.04 Å². The Morgan fingerprint density at radius 1 is 0.793 bits per heavy atom. The number of carbonyl (C=O) groups is 1. The maximum atomic E-state index is 13.0. The second kappa shape index (κ2) is 8.62. The van der Waals surface area contributed by atoms with Crippen molar-refractivity contribution < 1.29 is 9.69 Å². The van der Waals surface area contributed by atoms with Crippen LogP contribution in [-0.2, 0) is 0 Å². The molecule has 0 radical (unpaired) electrons. The Labute approximate surface area is 173 Å². The molecule has 1 fully saturated rings. The lowest BCUT2D eigenvalue weighted by Gasteiger charge is -2.37. The zero-order valence-electron chi connectivity index (χ0n) is 17.3. The van der Waals surface area contributed by atoms with Gasteiger partial charge in [0.05, 0.1) is 26.2 Å². The monoisotopic (exact) mass is 385 g/mol. The van der Waals surface area contributed by atoms with Gasteiger partial charge in [0.15, 0.2) is 0 Å².